The number of halogens is 4. The number of amides is 1. The second-order valence-corrected chi connectivity index (χ2v) is 6.57. The molecule has 1 aromatic rings. The lowest BCUT2D eigenvalue weighted by Gasteiger charge is -2.11. The summed E-state index contributed by atoms with van der Waals surface area (Å²) in [6.07, 6.45) is -2.12. The lowest BCUT2D eigenvalue weighted by atomic mass is 10.4. The molecule has 0 bridgehead atoms. The SMILES string of the molecule is CCNC(=NCCc1nc(C(F)(F)F)cs1)NCCNC(=O)C1CC1.I. The summed E-state index contributed by atoms with van der Waals surface area (Å²) < 4.78 is 37.5. The second-order valence-electron chi connectivity index (χ2n) is 5.63. The first-order valence-corrected chi connectivity index (χ1v) is 9.09. The normalized spacial score (nSPS) is 14.5. The summed E-state index contributed by atoms with van der Waals surface area (Å²) in [5.41, 5.74) is -0.854. The Kier molecular flexibility index (Phi) is 9.61. The van der Waals surface area contributed by atoms with Crippen LogP contribution in [0.1, 0.15) is 30.5 Å². The van der Waals surface area contributed by atoms with Crippen LogP contribution in [-0.2, 0) is 17.4 Å². The van der Waals surface area contributed by atoms with E-state index in [1.165, 1.54) is 0 Å². The van der Waals surface area contributed by atoms with Gasteiger partial charge in [0.05, 0.1) is 5.01 Å². The molecule has 1 heterocycles. The molecule has 6 nitrogen and oxygen atoms in total. The van der Waals surface area contributed by atoms with Gasteiger partial charge in [-0.3, -0.25) is 9.79 Å². The van der Waals surface area contributed by atoms with Crippen LogP contribution in [0.3, 0.4) is 0 Å². The van der Waals surface area contributed by atoms with Crippen molar-refractivity contribution in [1.82, 2.24) is 20.9 Å². The Hall–Kier alpha value is -1.11. The first kappa shape index (κ1) is 22.9. The summed E-state index contributed by atoms with van der Waals surface area (Å²) >= 11 is 0.986. The summed E-state index contributed by atoms with van der Waals surface area (Å²) in [5, 5.41) is 10.4. The number of aliphatic imine (C=N–C) groups is 1. The lowest BCUT2D eigenvalue weighted by Crippen LogP contribution is -2.41. The molecule has 1 fully saturated rings. The number of alkyl halides is 3. The monoisotopic (exact) mass is 505 g/mol. The van der Waals surface area contributed by atoms with E-state index in [4.69, 9.17) is 0 Å². The molecule has 3 N–H and O–H groups in total. The first-order chi connectivity index (χ1) is 11.9. The van der Waals surface area contributed by atoms with Crippen LogP contribution >= 0.6 is 35.3 Å². The maximum Gasteiger partial charge on any atom is 0.434 e. The van der Waals surface area contributed by atoms with Crippen LogP contribution in [0.2, 0.25) is 0 Å². The number of carbonyl (C=O) groups is 1. The van der Waals surface area contributed by atoms with Crippen LogP contribution in [0.25, 0.3) is 0 Å². The largest absolute Gasteiger partial charge is 0.434 e. The topological polar surface area (TPSA) is 78.4 Å². The van der Waals surface area contributed by atoms with E-state index in [2.05, 4.69) is 25.9 Å². The van der Waals surface area contributed by atoms with Crippen molar-refractivity contribution in [3.8, 4) is 0 Å². The summed E-state index contributed by atoms with van der Waals surface area (Å²) in [6, 6.07) is 0. The molecule has 2 rings (SSSR count). The summed E-state index contributed by atoms with van der Waals surface area (Å²) in [4.78, 5) is 19.4. The fourth-order valence-corrected chi connectivity index (χ4v) is 2.81. The van der Waals surface area contributed by atoms with Crippen molar-refractivity contribution in [3.05, 3.63) is 16.1 Å². The van der Waals surface area contributed by atoms with Crippen molar-refractivity contribution in [3.63, 3.8) is 0 Å². The Morgan fingerprint density at radius 3 is 2.58 bits per heavy atom. The van der Waals surface area contributed by atoms with E-state index in [1.54, 1.807) is 0 Å². The molecule has 0 spiro atoms. The number of carbonyl (C=O) groups excluding carboxylic acids is 1. The van der Waals surface area contributed by atoms with Gasteiger partial charge in [0.1, 0.15) is 0 Å². The minimum absolute atomic E-state index is 0. The van der Waals surface area contributed by atoms with Gasteiger partial charge >= 0.3 is 6.18 Å². The van der Waals surface area contributed by atoms with Crippen LogP contribution in [-0.4, -0.2) is 43.0 Å². The molecular weight excluding hydrogens is 482 g/mol. The van der Waals surface area contributed by atoms with E-state index >= 15 is 0 Å². The molecule has 1 aromatic heterocycles. The van der Waals surface area contributed by atoms with Crippen molar-refractivity contribution in [2.24, 2.45) is 10.9 Å². The molecule has 148 valence electrons. The van der Waals surface area contributed by atoms with Crippen LogP contribution in [0.15, 0.2) is 10.4 Å². The minimum Gasteiger partial charge on any atom is -0.357 e. The first-order valence-electron chi connectivity index (χ1n) is 8.21. The van der Waals surface area contributed by atoms with Gasteiger partial charge in [0, 0.05) is 43.9 Å². The standard InChI is InChI=1S/C15H22F3N5OS.HI/c1-2-19-14(22-8-7-20-13(24)10-3-4-10)21-6-5-12-23-11(9-25-12)15(16,17)18;/h9-10H,2-8H2,1H3,(H,20,24)(H2,19,21,22);1H. The Morgan fingerprint density at radius 2 is 2.00 bits per heavy atom. The number of rotatable bonds is 8. The van der Waals surface area contributed by atoms with Gasteiger partial charge in [0.2, 0.25) is 5.91 Å². The van der Waals surface area contributed by atoms with Crippen LogP contribution in [0.5, 0.6) is 0 Å². The van der Waals surface area contributed by atoms with Crippen LogP contribution in [0, 0.1) is 5.92 Å². The molecule has 1 amide bonds. The van der Waals surface area contributed by atoms with Gasteiger partial charge in [0.15, 0.2) is 11.7 Å². The number of guanidine groups is 1. The number of hydrogen-bond acceptors (Lipinski definition) is 4. The number of nitrogens with zero attached hydrogens (tertiary/aromatic N) is 2. The highest BCUT2D eigenvalue weighted by molar-refractivity contribution is 14.0. The smallest absolute Gasteiger partial charge is 0.357 e. The van der Waals surface area contributed by atoms with Crippen molar-refractivity contribution in [2.45, 2.75) is 32.4 Å². The molecule has 1 saturated carbocycles. The third kappa shape index (κ3) is 8.06. The molecule has 26 heavy (non-hydrogen) atoms. The molecule has 0 radical (unpaired) electrons. The van der Waals surface area contributed by atoms with E-state index in [0.717, 1.165) is 29.6 Å². The van der Waals surface area contributed by atoms with E-state index in [1.807, 2.05) is 6.92 Å². The van der Waals surface area contributed by atoms with Crippen molar-refractivity contribution in [2.75, 3.05) is 26.2 Å². The van der Waals surface area contributed by atoms with E-state index < -0.39 is 11.9 Å². The number of aromatic nitrogens is 1. The van der Waals surface area contributed by atoms with Gasteiger partial charge < -0.3 is 16.0 Å². The molecule has 0 saturated heterocycles. The Morgan fingerprint density at radius 1 is 1.31 bits per heavy atom. The zero-order chi connectivity index (χ0) is 18.3. The van der Waals surface area contributed by atoms with Gasteiger partial charge in [-0.15, -0.1) is 35.3 Å². The second kappa shape index (κ2) is 10.9. The molecule has 0 unspecified atom stereocenters. The predicted octanol–water partition coefficient (Wildman–Crippen LogP) is 2.40. The molecule has 0 atom stereocenters. The fraction of sp³-hybridized carbons (Fsp3) is 0.667. The maximum absolute atomic E-state index is 12.5. The van der Waals surface area contributed by atoms with Gasteiger partial charge in [0.25, 0.3) is 0 Å². The van der Waals surface area contributed by atoms with E-state index in [0.29, 0.717) is 43.6 Å². The van der Waals surface area contributed by atoms with Gasteiger partial charge in [-0.25, -0.2) is 4.98 Å². The minimum atomic E-state index is -4.40. The number of hydrogen-bond donors (Lipinski definition) is 3. The van der Waals surface area contributed by atoms with Gasteiger partial charge in [-0.1, -0.05) is 0 Å². The Labute approximate surface area is 171 Å². The average molecular weight is 505 g/mol. The van der Waals surface area contributed by atoms with Crippen molar-refractivity contribution >= 4 is 47.2 Å². The third-order valence-electron chi connectivity index (χ3n) is 3.45. The van der Waals surface area contributed by atoms with Gasteiger partial charge in [-0.05, 0) is 19.8 Å². The highest BCUT2D eigenvalue weighted by Gasteiger charge is 2.33. The molecule has 1 aliphatic carbocycles. The highest BCUT2D eigenvalue weighted by atomic mass is 127. The highest BCUT2D eigenvalue weighted by Crippen LogP contribution is 2.30. The molecular formula is C15H23F3IN5OS. The van der Waals surface area contributed by atoms with Crippen LogP contribution in [0.4, 0.5) is 13.2 Å². The quantitative estimate of drug-likeness (QED) is 0.220. The van der Waals surface area contributed by atoms with Gasteiger partial charge in [-0.2, -0.15) is 13.2 Å². The average Bonchev–Trinajstić information content (AvgIpc) is 3.29. The molecule has 1 aliphatic rings. The molecule has 0 aliphatic heterocycles. The number of nitrogens with one attached hydrogen (secondary N) is 3. The zero-order valence-electron chi connectivity index (χ0n) is 14.4. The van der Waals surface area contributed by atoms with E-state index in [-0.39, 0.29) is 35.8 Å². The third-order valence-corrected chi connectivity index (χ3v) is 4.36. The maximum atomic E-state index is 12.5. The van der Waals surface area contributed by atoms with Crippen LogP contribution < -0.4 is 16.0 Å². The predicted molar refractivity (Wildman–Crippen MR) is 106 cm³/mol. The summed E-state index contributed by atoms with van der Waals surface area (Å²) in [5.74, 6) is 0.838. The number of thiazole rings is 1. The summed E-state index contributed by atoms with van der Waals surface area (Å²) in [6.45, 7) is 3.94. The molecule has 11 heteroatoms. The lowest BCUT2D eigenvalue weighted by molar-refractivity contribution is -0.140. The molecule has 0 aromatic carbocycles. The van der Waals surface area contributed by atoms with Crippen molar-refractivity contribution in [1.29, 1.82) is 0 Å². The zero-order valence-corrected chi connectivity index (χ0v) is 17.5. The summed E-state index contributed by atoms with van der Waals surface area (Å²) in [7, 11) is 0. The Balaban J connectivity index is 0.00000338. The van der Waals surface area contributed by atoms with Crippen molar-refractivity contribution < 1.29 is 18.0 Å². The fourth-order valence-electron chi connectivity index (χ4n) is 2.02. The van der Waals surface area contributed by atoms with E-state index in [9.17, 15) is 18.0 Å². The Bertz CT molecular complexity index is 604.